The monoisotopic (exact) mass is 369 g/mol. The van der Waals surface area contributed by atoms with Crippen LogP contribution in [0.15, 0.2) is 58.5 Å². The number of rotatable bonds is 5. The van der Waals surface area contributed by atoms with Crippen molar-refractivity contribution in [1.29, 1.82) is 0 Å². The number of nitrogens with zero attached hydrogens (tertiary/aromatic N) is 2. The molecule has 0 saturated heterocycles. The van der Waals surface area contributed by atoms with E-state index in [0.29, 0.717) is 4.90 Å². The summed E-state index contributed by atoms with van der Waals surface area (Å²) in [4.78, 5) is 0.303. The molecule has 26 heavy (non-hydrogen) atoms. The van der Waals surface area contributed by atoms with Crippen LogP contribution in [0.3, 0.4) is 0 Å². The van der Waals surface area contributed by atoms with Crippen LogP contribution in [0.25, 0.3) is 5.70 Å². The maximum Gasteiger partial charge on any atom is 0.175 e. The van der Waals surface area contributed by atoms with Gasteiger partial charge in [-0.05, 0) is 61.7 Å². The third kappa shape index (κ3) is 3.65. The molecule has 1 N–H and O–H groups in total. The number of aryl methyl sites for hydroxylation is 1. The first-order valence-corrected chi connectivity index (χ1v) is 10.4. The van der Waals surface area contributed by atoms with Crippen molar-refractivity contribution in [3.63, 3.8) is 0 Å². The van der Waals surface area contributed by atoms with E-state index in [4.69, 9.17) is 0 Å². The number of hydrazone groups is 1. The maximum absolute atomic E-state index is 11.7. The molecule has 1 aliphatic rings. The number of sulfone groups is 1. The molecule has 0 saturated carbocycles. The topological polar surface area (TPSA) is 61.8 Å². The predicted molar refractivity (Wildman–Crippen MR) is 108 cm³/mol. The van der Waals surface area contributed by atoms with Crippen molar-refractivity contribution in [1.82, 2.24) is 0 Å². The molecule has 0 atom stereocenters. The maximum atomic E-state index is 11.7. The highest BCUT2D eigenvalue weighted by Gasteiger charge is 2.20. The molecule has 0 unspecified atom stereocenters. The molecule has 3 rings (SSSR count). The van der Waals surface area contributed by atoms with Crippen LogP contribution < -0.4 is 10.3 Å². The highest BCUT2D eigenvalue weighted by Crippen LogP contribution is 2.34. The van der Waals surface area contributed by atoms with Gasteiger partial charge in [0.25, 0.3) is 0 Å². The Hall–Kier alpha value is -2.60. The number of anilines is 2. The van der Waals surface area contributed by atoms with Gasteiger partial charge in [-0.15, -0.1) is 0 Å². The van der Waals surface area contributed by atoms with Gasteiger partial charge < -0.3 is 5.32 Å². The minimum Gasteiger partial charge on any atom is -0.388 e. The summed E-state index contributed by atoms with van der Waals surface area (Å²) in [5.41, 5.74) is 5.30. The summed E-state index contributed by atoms with van der Waals surface area (Å²) in [5.74, 6) is 0. The Bertz CT molecular complexity index is 961. The Morgan fingerprint density at radius 1 is 1.15 bits per heavy atom. The first-order valence-electron chi connectivity index (χ1n) is 8.54. The molecular weight excluding hydrogens is 346 g/mol. The largest absolute Gasteiger partial charge is 0.388 e. The Kier molecular flexibility index (Phi) is 5.13. The van der Waals surface area contributed by atoms with Crippen LogP contribution in [0.5, 0.6) is 0 Å². The zero-order chi connectivity index (χ0) is 18.7. The normalized spacial score (nSPS) is 14.0. The molecular formula is C20H23N3O2S. The van der Waals surface area contributed by atoms with Gasteiger partial charge in [0, 0.05) is 30.8 Å². The van der Waals surface area contributed by atoms with Gasteiger partial charge in [0.2, 0.25) is 0 Å². The van der Waals surface area contributed by atoms with Crippen molar-refractivity contribution in [2.75, 3.05) is 23.6 Å². The zero-order valence-electron chi connectivity index (χ0n) is 15.2. The molecule has 6 heteroatoms. The fourth-order valence-electron chi connectivity index (χ4n) is 3.08. The molecule has 2 aromatic carbocycles. The summed E-state index contributed by atoms with van der Waals surface area (Å²) in [7, 11) is -1.32. The first-order chi connectivity index (χ1) is 12.4. The molecule has 0 aromatic heterocycles. The lowest BCUT2D eigenvalue weighted by Crippen LogP contribution is -2.18. The highest BCUT2D eigenvalue weighted by molar-refractivity contribution is 7.90. The second kappa shape index (κ2) is 7.33. The average molecular weight is 369 g/mol. The van der Waals surface area contributed by atoms with Crippen molar-refractivity contribution in [3.8, 4) is 0 Å². The van der Waals surface area contributed by atoms with Crippen molar-refractivity contribution in [2.45, 2.75) is 24.7 Å². The van der Waals surface area contributed by atoms with E-state index < -0.39 is 9.84 Å². The molecule has 5 nitrogen and oxygen atoms in total. The molecule has 0 amide bonds. The van der Waals surface area contributed by atoms with Crippen LogP contribution in [0, 0.1) is 0 Å². The van der Waals surface area contributed by atoms with E-state index in [9.17, 15) is 8.42 Å². The minimum absolute atomic E-state index is 0.303. The predicted octanol–water partition coefficient (Wildman–Crippen LogP) is 3.93. The lowest BCUT2D eigenvalue weighted by molar-refractivity contribution is 0.602. The van der Waals surface area contributed by atoms with Gasteiger partial charge in [0.15, 0.2) is 9.84 Å². The highest BCUT2D eigenvalue weighted by atomic mass is 32.2. The smallest absolute Gasteiger partial charge is 0.175 e. The number of fused-ring (bicyclic) bond motifs is 1. The van der Waals surface area contributed by atoms with Gasteiger partial charge in [-0.2, -0.15) is 5.10 Å². The Balaban J connectivity index is 2.06. The number of hydrogen-bond acceptors (Lipinski definition) is 5. The van der Waals surface area contributed by atoms with E-state index in [1.807, 2.05) is 19.0 Å². The minimum atomic E-state index is -3.22. The third-order valence-electron chi connectivity index (χ3n) is 4.39. The number of hydrogen-bond donors (Lipinski definition) is 1. The molecule has 0 radical (unpaired) electrons. The van der Waals surface area contributed by atoms with Gasteiger partial charge >= 0.3 is 0 Å². The van der Waals surface area contributed by atoms with Gasteiger partial charge in [-0.25, -0.2) is 13.4 Å². The summed E-state index contributed by atoms with van der Waals surface area (Å²) in [6.07, 6.45) is 7.07. The summed E-state index contributed by atoms with van der Waals surface area (Å²) in [6, 6.07) is 13.2. The molecule has 0 aliphatic heterocycles. The van der Waals surface area contributed by atoms with Crippen LogP contribution in [0.2, 0.25) is 0 Å². The Morgan fingerprint density at radius 2 is 1.88 bits per heavy atom. The summed E-state index contributed by atoms with van der Waals surface area (Å²) < 4.78 is 23.4. The molecule has 0 bridgehead atoms. The number of benzene rings is 2. The SMILES string of the molecule is C/C=N/N(C1=CCCc2ccc(NC)cc21)c1ccc(S(C)(=O)=O)cc1. The van der Waals surface area contributed by atoms with Crippen LogP contribution in [0.1, 0.15) is 24.5 Å². The molecule has 1 aliphatic carbocycles. The van der Waals surface area contributed by atoms with Crippen molar-refractivity contribution in [3.05, 3.63) is 59.7 Å². The van der Waals surface area contributed by atoms with E-state index in [0.717, 1.165) is 35.5 Å². The fraction of sp³-hybridized carbons (Fsp3) is 0.250. The van der Waals surface area contributed by atoms with Crippen molar-refractivity contribution >= 4 is 33.1 Å². The molecule has 136 valence electrons. The Morgan fingerprint density at radius 3 is 2.50 bits per heavy atom. The van der Waals surface area contributed by atoms with E-state index in [2.05, 4.69) is 34.7 Å². The average Bonchev–Trinajstić information content (AvgIpc) is 2.65. The second-order valence-corrected chi connectivity index (χ2v) is 8.22. The number of nitrogens with one attached hydrogen (secondary N) is 1. The van der Waals surface area contributed by atoms with Gasteiger partial charge in [-0.1, -0.05) is 12.1 Å². The third-order valence-corrected chi connectivity index (χ3v) is 5.52. The van der Waals surface area contributed by atoms with Crippen LogP contribution >= 0.6 is 0 Å². The molecule has 0 heterocycles. The first kappa shape index (κ1) is 18.2. The summed E-state index contributed by atoms with van der Waals surface area (Å²) in [5, 5.41) is 9.58. The van der Waals surface area contributed by atoms with E-state index in [1.165, 1.54) is 11.8 Å². The van der Waals surface area contributed by atoms with E-state index in [1.54, 1.807) is 30.5 Å². The Labute approximate surface area is 155 Å². The quantitative estimate of drug-likeness (QED) is 0.641. The van der Waals surface area contributed by atoms with Gasteiger partial charge in [-0.3, -0.25) is 0 Å². The standard InChI is InChI=1S/C20H23N3O2S/c1-4-22-23(17-10-12-18(13-11-17)26(3,24)25)20-7-5-6-15-8-9-16(21-2)14-19(15)20/h4,7-14,21H,5-6H2,1-3H3/b22-4+. The summed E-state index contributed by atoms with van der Waals surface area (Å²) >= 11 is 0. The molecule has 0 spiro atoms. The second-order valence-electron chi connectivity index (χ2n) is 6.20. The summed E-state index contributed by atoms with van der Waals surface area (Å²) in [6.45, 7) is 1.87. The van der Waals surface area contributed by atoms with Crippen LogP contribution in [-0.2, 0) is 16.3 Å². The zero-order valence-corrected chi connectivity index (χ0v) is 16.0. The van der Waals surface area contributed by atoms with Gasteiger partial charge in [0.05, 0.1) is 16.3 Å². The van der Waals surface area contributed by atoms with Crippen molar-refractivity contribution < 1.29 is 8.42 Å². The van der Waals surface area contributed by atoms with E-state index in [-0.39, 0.29) is 0 Å². The van der Waals surface area contributed by atoms with Gasteiger partial charge in [0.1, 0.15) is 0 Å². The molecule has 2 aromatic rings. The molecule has 0 fully saturated rings. The van der Waals surface area contributed by atoms with Crippen molar-refractivity contribution in [2.24, 2.45) is 5.10 Å². The van der Waals surface area contributed by atoms with Crippen LogP contribution in [0.4, 0.5) is 11.4 Å². The van der Waals surface area contributed by atoms with E-state index >= 15 is 0 Å². The van der Waals surface area contributed by atoms with Crippen LogP contribution in [-0.4, -0.2) is 27.9 Å². The number of allylic oxidation sites excluding steroid dienone is 1. The lowest BCUT2D eigenvalue weighted by Gasteiger charge is -2.27. The fourth-order valence-corrected chi connectivity index (χ4v) is 3.71. The lowest BCUT2D eigenvalue weighted by atomic mass is 9.93.